The van der Waals surface area contributed by atoms with Crippen LogP contribution in [0.2, 0.25) is 0 Å². The largest absolute Gasteiger partial charge is 0.457 e. The van der Waals surface area contributed by atoms with Crippen LogP contribution in [-0.4, -0.2) is 57.9 Å². The topological polar surface area (TPSA) is 96.6 Å². The lowest BCUT2D eigenvalue weighted by Gasteiger charge is -2.34. The maximum Gasteiger partial charge on any atom is 0.240 e. The van der Waals surface area contributed by atoms with Crippen LogP contribution >= 0.6 is 0 Å². The molecule has 4 aromatic rings. The van der Waals surface area contributed by atoms with Crippen molar-refractivity contribution < 1.29 is 9.53 Å². The predicted molar refractivity (Wildman–Crippen MR) is 154 cm³/mol. The Bertz CT molecular complexity index is 1400. The molecule has 39 heavy (non-hydrogen) atoms. The van der Waals surface area contributed by atoms with E-state index in [-0.39, 0.29) is 11.8 Å². The highest BCUT2D eigenvalue weighted by Crippen LogP contribution is 2.24. The Balaban J connectivity index is 1.21. The van der Waals surface area contributed by atoms with Crippen LogP contribution in [0.1, 0.15) is 25.2 Å². The van der Waals surface area contributed by atoms with Gasteiger partial charge in [0, 0.05) is 38.1 Å². The molecule has 1 aromatic heterocycles. The van der Waals surface area contributed by atoms with E-state index in [1.54, 1.807) is 0 Å². The number of piperazine rings is 1. The molecule has 1 aliphatic rings. The number of aromatic nitrogens is 2. The minimum Gasteiger partial charge on any atom is -0.457 e. The van der Waals surface area contributed by atoms with Gasteiger partial charge in [-0.15, -0.1) is 0 Å². The lowest BCUT2D eigenvalue weighted by Crippen LogP contribution is -2.45. The van der Waals surface area contributed by atoms with Crippen molar-refractivity contribution in [3.05, 3.63) is 90.3 Å². The molecular weight excluding hydrogens is 488 g/mol. The molecule has 8 heteroatoms. The van der Waals surface area contributed by atoms with Crippen LogP contribution < -0.4 is 15.8 Å². The molecule has 8 nitrogen and oxygen atoms in total. The van der Waals surface area contributed by atoms with Gasteiger partial charge in [0.2, 0.25) is 5.91 Å². The number of ether oxygens (including phenoxy) is 1. The van der Waals surface area contributed by atoms with E-state index in [4.69, 9.17) is 20.4 Å². The quantitative estimate of drug-likeness (QED) is 0.311. The highest BCUT2D eigenvalue weighted by molar-refractivity contribution is 5.91. The summed E-state index contributed by atoms with van der Waals surface area (Å²) in [6.07, 6.45) is 0. The van der Waals surface area contributed by atoms with E-state index in [1.807, 2.05) is 74.5 Å². The fourth-order valence-corrected chi connectivity index (χ4v) is 4.91. The fourth-order valence-electron chi connectivity index (χ4n) is 4.91. The van der Waals surface area contributed by atoms with Gasteiger partial charge in [-0.2, -0.15) is 0 Å². The van der Waals surface area contributed by atoms with Crippen molar-refractivity contribution in [2.75, 3.05) is 31.5 Å². The number of amides is 1. The number of para-hydroxylation sites is 2. The van der Waals surface area contributed by atoms with Crippen molar-refractivity contribution in [1.82, 2.24) is 19.8 Å². The third-order valence-electron chi connectivity index (χ3n) is 7.03. The Kier molecular flexibility index (Phi) is 8.34. The molecule has 1 atom stereocenters. The van der Waals surface area contributed by atoms with Gasteiger partial charge < -0.3 is 15.8 Å². The Morgan fingerprint density at radius 3 is 2.26 bits per heavy atom. The van der Waals surface area contributed by atoms with Gasteiger partial charge in [-0.05, 0) is 47.9 Å². The van der Waals surface area contributed by atoms with Gasteiger partial charge in [0.05, 0.1) is 12.1 Å². The van der Waals surface area contributed by atoms with Crippen LogP contribution in [0, 0.1) is 5.92 Å². The number of nitrogens with one attached hydrogen (secondary N) is 1. The zero-order valence-corrected chi connectivity index (χ0v) is 22.6. The van der Waals surface area contributed by atoms with Crippen molar-refractivity contribution >= 4 is 22.6 Å². The molecule has 1 fully saturated rings. The smallest absolute Gasteiger partial charge is 0.240 e. The van der Waals surface area contributed by atoms with Crippen LogP contribution in [0.15, 0.2) is 78.9 Å². The van der Waals surface area contributed by atoms with Crippen molar-refractivity contribution in [3.8, 4) is 11.5 Å². The van der Waals surface area contributed by atoms with E-state index in [2.05, 4.69) is 33.3 Å². The Morgan fingerprint density at radius 2 is 1.54 bits per heavy atom. The predicted octanol–water partition coefficient (Wildman–Crippen LogP) is 4.66. The molecule has 3 aromatic carbocycles. The van der Waals surface area contributed by atoms with Crippen LogP contribution in [0.5, 0.6) is 11.5 Å². The van der Waals surface area contributed by atoms with Crippen molar-refractivity contribution in [1.29, 1.82) is 0 Å². The standard InChI is InChI=1S/C31H36N6O2/c1-22(2)29(30(32)38)35-31-26-13-6-7-14-27(26)33-28(34-31)21-37-17-15-36(16-18-37)20-23-9-8-12-25(19-23)39-24-10-4-3-5-11-24/h3-14,19,22,29H,15-18,20-21H2,1-2H3,(H2,32,38)(H,33,34,35)/t29-/m0/s1. The maximum atomic E-state index is 12.0. The number of hydrogen-bond donors (Lipinski definition) is 2. The van der Waals surface area contributed by atoms with E-state index in [1.165, 1.54) is 5.56 Å². The second kappa shape index (κ2) is 12.2. The van der Waals surface area contributed by atoms with Gasteiger partial charge in [-0.3, -0.25) is 14.6 Å². The second-order valence-electron chi connectivity index (χ2n) is 10.4. The summed E-state index contributed by atoms with van der Waals surface area (Å²) >= 11 is 0. The molecule has 2 heterocycles. The van der Waals surface area contributed by atoms with Gasteiger partial charge in [0.25, 0.3) is 0 Å². The lowest BCUT2D eigenvalue weighted by atomic mass is 10.0. The average Bonchev–Trinajstić information content (AvgIpc) is 2.93. The van der Waals surface area contributed by atoms with Gasteiger partial charge >= 0.3 is 0 Å². The molecule has 0 aliphatic carbocycles. The molecular formula is C31H36N6O2. The van der Waals surface area contributed by atoms with E-state index >= 15 is 0 Å². The van der Waals surface area contributed by atoms with Crippen LogP contribution in [0.4, 0.5) is 5.82 Å². The van der Waals surface area contributed by atoms with Crippen molar-refractivity contribution in [3.63, 3.8) is 0 Å². The molecule has 0 spiro atoms. The normalized spacial score (nSPS) is 15.4. The summed E-state index contributed by atoms with van der Waals surface area (Å²) in [4.78, 5) is 26.5. The van der Waals surface area contributed by atoms with E-state index in [0.717, 1.165) is 61.0 Å². The Labute approximate surface area is 229 Å². The first-order chi connectivity index (χ1) is 18.9. The highest BCUT2D eigenvalue weighted by Gasteiger charge is 2.23. The fraction of sp³-hybridized carbons (Fsp3) is 0.323. The SMILES string of the molecule is CC(C)[C@H](Nc1nc(CN2CCN(Cc3cccc(Oc4ccccc4)c3)CC2)nc2ccccc12)C(N)=O. The van der Waals surface area contributed by atoms with Crippen LogP contribution in [0.3, 0.4) is 0 Å². The first-order valence-corrected chi connectivity index (χ1v) is 13.5. The third kappa shape index (κ3) is 6.90. The van der Waals surface area contributed by atoms with Crippen LogP contribution in [0.25, 0.3) is 10.9 Å². The van der Waals surface area contributed by atoms with E-state index in [9.17, 15) is 4.79 Å². The molecule has 0 saturated carbocycles. The van der Waals surface area contributed by atoms with Gasteiger partial charge in [-0.25, -0.2) is 9.97 Å². The summed E-state index contributed by atoms with van der Waals surface area (Å²) < 4.78 is 6.01. The zero-order chi connectivity index (χ0) is 27.2. The van der Waals surface area contributed by atoms with E-state index < -0.39 is 6.04 Å². The summed E-state index contributed by atoms with van der Waals surface area (Å²) in [6, 6.07) is 25.5. The molecule has 0 unspecified atom stereocenters. The molecule has 1 amide bonds. The monoisotopic (exact) mass is 524 g/mol. The van der Waals surface area contributed by atoms with Crippen molar-refractivity contribution in [2.24, 2.45) is 11.7 Å². The lowest BCUT2D eigenvalue weighted by molar-refractivity contribution is -0.119. The molecule has 5 rings (SSSR count). The third-order valence-corrected chi connectivity index (χ3v) is 7.03. The number of anilines is 1. The summed E-state index contributed by atoms with van der Waals surface area (Å²) in [5.41, 5.74) is 7.75. The number of nitrogens with zero attached hydrogens (tertiary/aromatic N) is 4. The summed E-state index contributed by atoms with van der Waals surface area (Å²) in [5.74, 6) is 2.74. The molecule has 0 bridgehead atoms. The molecule has 0 radical (unpaired) electrons. The van der Waals surface area contributed by atoms with Gasteiger partial charge in [0.15, 0.2) is 0 Å². The second-order valence-corrected chi connectivity index (χ2v) is 10.4. The summed E-state index contributed by atoms with van der Waals surface area (Å²) in [6.45, 7) is 9.24. The van der Waals surface area contributed by atoms with Gasteiger partial charge in [-0.1, -0.05) is 56.3 Å². The number of hydrogen-bond acceptors (Lipinski definition) is 7. The summed E-state index contributed by atoms with van der Waals surface area (Å²) in [5, 5.41) is 4.18. The number of carbonyl (C=O) groups excluding carboxylic acids is 1. The number of carbonyl (C=O) groups is 1. The summed E-state index contributed by atoms with van der Waals surface area (Å²) in [7, 11) is 0. The first-order valence-electron chi connectivity index (χ1n) is 13.5. The van der Waals surface area contributed by atoms with E-state index in [0.29, 0.717) is 12.4 Å². The minimum absolute atomic E-state index is 0.0401. The number of nitrogens with two attached hydrogens (primary N) is 1. The Morgan fingerprint density at radius 1 is 0.872 bits per heavy atom. The van der Waals surface area contributed by atoms with Crippen molar-refractivity contribution in [2.45, 2.75) is 33.0 Å². The number of rotatable bonds is 10. The number of primary amides is 1. The molecule has 202 valence electrons. The average molecular weight is 525 g/mol. The maximum absolute atomic E-state index is 12.0. The molecule has 1 aliphatic heterocycles. The highest BCUT2D eigenvalue weighted by atomic mass is 16.5. The van der Waals surface area contributed by atoms with Crippen LogP contribution in [-0.2, 0) is 17.9 Å². The van der Waals surface area contributed by atoms with Gasteiger partial charge in [0.1, 0.15) is 29.2 Å². The number of benzene rings is 3. The zero-order valence-electron chi connectivity index (χ0n) is 22.6. The minimum atomic E-state index is -0.503. The molecule has 1 saturated heterocycles. The molecule has 3 N–H and O–H groups in total. The Hall–Kier alpha value is -4.01. The number of fused-ring (bicyclic) bond motifs is 1. The first kappa shape index (κ1) is 26.6.